The molecule has 4 nitrogen and oxygen atoms in total. The molecule has 1 fully saturated rings. The van der Waals surface area contributed by atoms with E-state index in [1.54, 1.807) is 6.26 Å². The summed E-state index contributed by atoms with van der Waals surface area (Å²) in [5.41, 5.74) is 0.888. The van der Waals surface area contributed by atoms with Crippen molar-refractivity contribution in [3.8, 4) is 0 Å². The molecule has 4 heteroatoms. The Balaban J connectivity index is 1.79. The lowest BCUT2D eigenvalue weighted by Crippen LogP contribution is -2.35. The van der Waals surface area contributed by atoms with E-state index in [4.69, 9.17) is 4.52 Å². The van der Waals surface area contributed by atoms with Crippen LogP contribution < -0.4 is 5.32 Å². The summed E-state index contributed by atoms with van der Waals surface area (Å²) in [6.45, 7) is 0.679. The van der Waals surface area contributed by atoms with E-state index in [1.165, 1.54) is 0 Å². The largest absolute Gasteiger partial charge is 0.392 e. The summed E-state index contributed by atoms with van der Waals surface area (Å²) in [5, 5.41) is 16.6. The Morgan fingerprint density at radius 2 is 2.54 bits per heavy atom. The second-order valence-corrected chi connectivity index (χ2v) is 3.48. The van der Waals surface area contributed by atoms with Crippen molar-refractivity contribution in [3.05, 3.63) is 18.0 Å². The van der Waals surface area contributed by atoms with E-state index in [9.17, 15) is 5.11 Å². The van der Waals surface area contributed by atoms with Crippen molar-refractivity contribution in [2.24, 2.45) is 0 Å². The minimum Gasteiger partial charge on any atom is -0.392 e. The smallest absolute Gasteiger partial charge is 0.124 e. The molecule has 0 amide bonds. The second-order valence-electron chi connectivity index (χ2n) is 3.48. The fourth-order valence-electron chi connectivity index (χ4n) is 1.74. The number of aromatic nitrogens is 1. The molecule has 1 aromatic heterocycles. The quantitative estimate of drug-likeness (QED) is 0.721. The summed E-state index contributed by atoms with van der Waals surface area (Å²) >= 11 is 0. The second kappa shape index (κ2) is 3.89. The first-order chi connectivity index (χ1) is 6.36. The maximum absolute atomic E-state index is 9.51. The van der Waals surface area contributed by atoms with Gasteiger partial charge < -0.3 is 14.9 Å². The fourth-order valence-corrected chi connectivity index (χ4v) is 1.74. The zero-order chi connectivity index (χ0) is 9.10. The first kappa shape index (κ1) is 8.72. The van der Waals surface area contributed by atoms with E-state index >= 15 is 0 Å². The van der Waals surface area contributed by atoms with Gasteiger partial charge in [-0.05, 0) is 19.3 Å². The molecule has 1 aliphatic rings. The van der Waals surface area contributed by atoms with Gasteiger partial charge in [0.1, 0.15) is 6.26 Å². The van der Waals surface area contributed by atoms with Crippen molar-refractivity contribution in [1.29, 1.82) is 0 Å². The zero-order valence-corrected chi connectivity index (χ0v) is 7.44. The van der Waals surface area contributed by atoms with Gasteiger partial charge in [0, 0.05) is 18.7 Å². The number of aliphatic hydroxyl groups is 1. The minimum atomic E-state index is -0.188. The molecule has 0 aliphatic heterocycles. The van der Waals surface area contributed by atoms with Gasteiger partial charge >= 0.3 is 0 Å². The minimum absolute atomic E-state index is 0.188. The molecule has 13 heavy (non-hydrogen) atoms. The highest BCUT2D eigenvalue weighted by molar-refractivity contribution is 4.95. The maximum atomic E-state index is 9.51. The lowest BCUT2D eigenvalue weighted by Gasteiger charge is -2.14. The van der Waals surface area contributed by atoms with E-state index in [-0.39, 0.29) is 12.1 Å². The standard InChI is InChI=1S/C9H14N2O2/c12-9-3-1-2-8(9)10-6-7-4-5-13-11-7/h4-5,8-10,12H,1-3,6H2/t8-,9-/m0/s1. The van der Waals surface area contributed by atoms with Crippen LogP contribution in [0.15, 0.2) is 16.9 Å². The Morgan fingerprint density at radius 3 is 3.15 bits per heavy atom. The van der Waals surface area contributed by atoms with Crippen molar-refractivity contribution < 1.29 is 9.63 Å². The molecule has 2 N–H and O–H groups in total. The number of hydrogen-bond donors (Lipinski definition) is 2. The third-order valence-corrected chi connectivity index (χ3v) is 2.52. The predicted molar refractivity (Wildman–Crippen MR) is 47.0 cm³/mol. The van der Waals surface area contributed by atoms with Gasteiger partial charge in [-0.15, -0.1) is 0 Å². The molecule has 1 aromatic rings. The van der Waals surface area contributed by atoms with E-state index in [0.29, 0.717) is 6.54 Å². The Hall–Kier alpha value is -0.870. The van der Waals surface area contributed by atoms with Crippen molar-refractivity contribution in [2.45, 2.75) is 38.0 Å². The van der Waals surface area contributed by atoms with Crippen LogP contribution in [0.5, 0.6) is 0 Å². The Bertz CT molecular complexity index is 248. The Kier molecular flexibility index (Phi) is 2.61. The molecular weight excluding hydrogens is 168 g/mol. The molecule has 0 bridgehead atoms. The average molecular weight is 182 g/mol. The summed E-state index contributed by atoms with van der Waals surface area (Å²) in [6, 6.07) is 2.06. The van der Waals surface area contributed by atoms with Crippen LogP contribution in [0.3, 0.4) is 0 Å². The molecule has 1 heterocycles. The maximum Gasteiger partial charge on any atom is 0.124 e. The van der Waals surface area contributed by atoms with Crippen LogP contribution in [0.2, 0.25) is 0 Å². The highest BCUT2D eigenvalue weighted by atomic mass is 16.5. The van der Waals surface area contributed by atoms with Crippen molar-refractivity contribution >= 4 is 0 Å². The molecule has 2 atom stereocenters. The molecular formula is C9H14N2O2. The van der Waals surface area contributed by atoms with Gasteiger partial charge in [-0.1, -0.05) is 5.16 Å². The molecule has 72 valence electrons. The topological polar surface area (TPSA) is 58.3 Å². The van der Waals surface area contributed by atoms with Crippen LogP contribution in [0.25, 0.3) is 0 Å². The molecule has 0 spiro atoms. The molecule has 0 unspecified atom stereocenters. The summed E-state index contributed by atoms with van der Waals surface area (Å²) in [7, 11) is 0. The van der Waals surface area contributed by atoms with Crippen LogP contribution in [0, 0.1) is 0 Å². The van der Waals surface area contributed by atoms with E-state index in [0.717, 1.165) is 25.0 Å². The molecule has 0 saturated heterocycles. The summed E-state index contributed by atoms with van der Waals surface area (Å²) < 4.78 is 4.70. The summed E-state index contributed by atoms with van der Waals surface area (Å²) in [5.74, 6) is 0. The fraction of sp³-hybridized carbons (Fsp3) is 0.667. The number of nitrogens with zero attached hydrogens (tertiary/aromatic N) is 1. The summed E-state index contributed by atoms with van der Waals surface area (Å²) in [4.78, 5) is 0. The van der Waals surface area contributed by atoms with Crippen LogP contribution >= 0.6 is 0 Å². The third kappa shape index (κ3) is 2.08. The van der Waals surface area contributed by atoms with E-state index in [2.05, 4.69) is 10.5 Å². The molecule has 1 aliphatic carbocycles. The van der Waals surface area contributed by atoms with Crippen LogP contribution in [0.1, 0.15) is 25.0 Å². The van der Waals surface area contributed by atoms with E-state index in [1.807, 2.05) is 6.07 Å². The number of aliphatic hydroxyl groups excluding tert-OH is 1. The van der Waals surface area contributed by atoms with E-state index < -0.39 is 0 Å². The van der Waals surface area contributed by atoms with Gasteiger partial charge in [0.15, 0.2) is 0 Å². The lowest BCUT2D eigenvalue weighted by molar-refractivity contribution is 0.148. The van der Waals surface area contributed by atoms with Gasteiger partial charge in [0.25, 0.3) is 0 Å². The highest BCUT2D eigenvalue weighted by Gasteiger charge is 2.24. The van der Waals surface area contributed by atoms with Crippen LogP contribution in [0.4, 0.5) is 0 Å². The van der Waals surface area contributed by atoms with Crippen molar-refractivity contribution in [3.63, 3.8) is 0 Å². The number of rotatable bonds is 3. The molecule has 0 aromatic carbocycles. The van der Waals surface area contributed by atoms with Crippen molar-refractivity contribution in [2.75, 3.05) is 0 Å². The first-order valence-electron chi connectivity index (χ1n) is 4.67. The average Bonchev–Trinajstić information content (AvgIpc) is 2.72. The number of nitrogens with one attached hydrogen (secondary N) is 1. The van der Waals surface area contributed by atoms with Crippen molar-refractivity contribution in [1.82, 2.24) is 10.5 Å². The number of hydrogen-bond acceptors (Lipinski definition) is 4. The molecule has 1 saturated carbocycles. The van der Waals surface area contributed by atoms with Gasteiger partial charge in [-0.2, -0.15) is 0 Å². The highest BCUT2D eigenvalue weighted by Crippen LogP contribution is 2.18. The van der Waals surface area contributed by atoms with Gasteiger partial charge in [-0.25, -0.2) is 0 Å². The normalized spacial score (nSPS) is 28.1. The summed E-state index contributed by atoms with van der Waals surface area (Å²) in [6.07, 6.45) is 4.45. The third-order valence-electron chi connectivity index (χ3n) is 2.52. The first-order valence-corrected chi connectivity index (χ1v) is 4.67. The Labute approximate surface area is 76.9 Å². The molecule has 0 radical (unpaired) electrons. The zero-order valence-electron chi connectivity index (χ0n) is 7.44. The monoisotopic (exact) mass is 182 g/mol. The lowest BCUT2D eigenvalue weighted by atomic mass is 10.2. The van der Waals surface area contributed by atoms with Gasteiger partial charge in [0.2, 0.25) is 0 Å². The van der Waals surface area contributed by atoms with Crippen LogP contribution in [-0.4, -0.2) is 22.4 Å². The molecule has 2 rings (SSSR count). The SMILES string of the molecule is O[C@H]1CCC[C@@H]1NCc1ccon1. The Morgan fingerprint density at radius 1 is 1.62 bits per heavy atom. The predicted octanol–water partition coefficient (Wildman–Crippen LogP) is 0.678. The van der Waals surface area contributed by atoms with Gasteiger partial charge in [-0.3, -0.25) is 0 Å². The van der Waals surface area contributed by atoms with Gasteiger partial charge in [0.05, 0.1) is 11.8 Å². The van der Waals surface area contributed by atoms with Crippen LogP contribution in [-0.2, 0) is 6.54 Å².